The van der Waals surface area contributed by atoms with Crippen LogP contribution in [0.4, 0.5) is 0 Å². The van der Waals surface area contributed by atoms with Gasteiger partial charge in [-0.25, -0.2) is 4.79 Å². The fourth-order valence-corrected chi connectivity index (χ4v) is 2.41. The smallest absolute Gasteiger partial charge is 0.337 e. The topological polar surface area (TPSA) is 55.6 Å². The summed E-state index contributed by atoms with van der Waals surface area (Å²) in [6, 6.07) is 7.88. The second kappa shape index (κ2) is 5.98. The molecule has 1 saturated heterocycles. The van der Waals surface area contributed by atoms with E-state index >= 15 is 0 Å². The van der Waals surface area contributed by atoms with Gasteiger partial charge in [0.1, 0.15) is 0 Å². The summed E-state index contributed by atoms with van der Waals surface area (Å²) in [4.78, 5) is 13.8. The Hall–Kier alpha value is -1.39. The molecule has 0 aromatic heterocycles. The average Bonchev–Trinajstić information content (AvgIpc) is 2.38. The number of benzene rings is 1. The Kier molecular flexibility index (Phi) is 4.33. The SMILES string of the molecule is COC(=O)c1cccc(CN2CCCC(N)C2)c1. The highest BCUT2D eigenvalue weighted by Gasteiger charge is 2.17. The molecular weight excluding hydrogens is 228 g/mol. The van der Waals surface area contributed by atoms with Crippen LogP contribution in [-0.2, 0) is 11.3 Å². The van der Waals surface area contributed by atoms with Gasteiger partial charge < -0.3 is 10.5 Å². The molecule has 1 aromatic carbocycles. The highest BCUT2D eigenvalue weighted by atomic mass is 16.5. The highest BCUT2D eigenvalue weighted by molar-refractivity contribution is 5.89. The molecule has 4 nitrogen and oxygen atoms in total. The van der Waals surface area contributed by atoms with E-state index in [1.54, 1.807) is 6.07 Å². The summed E-state index contributed by atoms with van der Waals surface area (Å²) >= 11 is 0. The lowest BCUT2D eigenvalue weighted by atomic mass is 10.0. The van der Waals surface area contributed by atoms with Crippen LogP contribution in [-0.4, -0.2) is 37.1 Å². The maximum atomic E-state index is 11.5. The summed E-state index contributed by atoms with van der Waals surface area (Å²) in [5.41, 5.74) is 7.70. The van der Waals surface area contributed by atoms with E-state index in [0.29, 0.717) is 5.56 Å². The van der Waals surface area contributed by atoms with E-state index in [1.807, 2.05) is 18.2 Å². The van der Waals surface area contributed by atoms with Gasteiger partial charge in [-0.15, -0.1) is 0 Å². The van der Waals surface area contributed by atoms with Crippen LogP contribution in [0.3, 0.4) is 0 Å². The Bertz CT molecular complexity index is 420. The predicted molar refractivity (Wildman–Crippen MR) is 70.3 cm³/mol. The van der Waals surface area contributed by atoms with Crippen molar-refractivity contribution in [1.82, 2.24) is 4.90 Å². The Morgan fingerprint density at radius 3 is 3.11 bits per heavy atom. The first-order valence-corrected chi connectivity index (χ1v) is 6.34. The minimum atomic E-state index is -0.285. The van der Waals surface area contributed by atoms with Gasteiger partial charge in [0.25, 0.3) is 0 Å². The van der Waals surface area contributed by atoms with Gasteiger partial charge >= 0.3 is 5.97 Å². The van der Waals surface area contributed by atoms with Crippen LogP contribution in [0.5, 0.6) is 0 Å². The summed E-state index contributed by atoms with van der Waals surface area (Å²) < 4.78 is 4.73. The molecule has 0 saturated carbocycles. The maximum Gasteiger partial charge on any atom is 0.337 e. The zero-order valence-electron chi connectivity index (χ0n) is 10.8. The quantitative estimate of drug-likeness (QED) is 0.821. The molecule has 1 fully saturated rings. The molecule has 98 valence electrons. The van der Waals surface area contributed by atoms with Crippen LogP contribution < -0.4 is 5.73 Å². The van der Waals surface area contributed by atoms with Gasteiger partial charge in [0.05, 0.1) is 12.7 Å². The van der Waals surface area contributed by atoms with E-state index in [1.165, 1.54) is 7.11 Å². The van der Waals surface area contributed by atoms with Gasteiger partial charge in [-0.05, 0) is 37.1 Å². The van der Waals surface area contributed by atoms with Crippen molar-refractivity contribution in [3.05, 3.63) is 35.4 Å². The van der Waals surface area contributed by atoms with Crippen molar-refractivity contribution in [1.29, 1.82) is 0 Å². The molecule has 18 heavy (non-hydrogen) atoms. The molecule has 0 bridgehead atoms. The van der Waals surface area contributed by atoms with Gasteiger partial charge in [-0.3, -0.25) is 4.90 Å². The third-order valence-corrected chi connectivity index (χ3v) is 3.30. The monoisotopic (exact) mass is 248 g/mol. The molecule has 1 aromatic rings. The minimum Gasteiger partial charge on any atom is -0.465 e. The molecule has 1 atom stereocenters. The Morgan fingerprint density at radius 1 is 1.56 bits per heavy atom. The zero-order chi connectivity index (χ0) is 13.0. The molecule has 1 aliphatic heterocycles. The van der Waals surface area contributed by atoms with Gasteiger partial charge in [0, 0.05) is 19.1 Å². The van der Waals surface area contributed by atoms with Crippen LogP contribution in [0.25, 0.3) is 0 Å². The van der Waals surface area contributed by atoms with E-state index < -0.39 is 0 Å². The Morgan fingerprint density at radius 2 is 2.39 bits per heavy atom. The van der Waals surface area contributed by atoms with Crippen LogP contribution in [0, 0.1) is 0 Å². The van der Waals surface area contributed by atoms with Crippen molar-refractivity contribution in [3.63, 3.8) is 0 Å². The van der Waals surface area contributed by atoms with Crippen molar-refractivity contribution < 1.29 is 9.53 Å². The van der Waals surface area contributed by atoms with Crippen molar-refractivity contribution >= 4 is 5.97 Å². The number of rotatable bonds is 3. The molecular formula is C14H20N2O2. The lowest BCUT2D eigenvalue weighted by molar-refractivity contribution is 0.0600. The Balaban J connectivity index is 2.02. The highest BCUT2D eigenvalue weighted by Crippen LogP contribution is 2.14. The normalized spacial score (nSPS) is 20.7. The second-order valence-electron chi connectivity index (χ2n) is 4.83. The minimum absolute atomic E-state index is 0.280. The average molecular weight is 248 g/mol. The van der Waals surface area contributed by atoms with E-state index in [2.05, 4.69) is 4.90 Å². The molecule has 2 N–H and O–H groups in total. The number of nitrogens with two attached hydrogens (primary N) is 1. The molecule has 0 amide bonds. The number of carbonyl (C=O) groups excluding carboxylic acids is 1. The molecule has 1 heterocycles. The van der Waals surface area contributed by atoms with Crippen LogP contribution in [0.1, 0.15) is 28.8 Å². The maximum absolute atomic E-state index is 11.5. The standard InChI is InChI=1S/C14H20N2O2/c1-18-14(17)12-5-2-4-11(8-12)9-16-7-3-6-13(15)10-16/h2,4-5,8,13H,3,6-7,9-10,15H2,1H3. The third-order valence-electron chi connectivity index (χ3n) is 3.30. The van der Waals surface area contributed by atoms with E-state index in [9.17, 15) is 4.79 Å². The van der Waals surface area contributed by atoms with Gasteiger partial charge in [0.15, 0.2) is 0 Å². The van der Waals surface area contributed by atoms with Gasteiger partial charge in [-0.2, -0.15) is 0 Å². The van der Waals surface area contributed by atoms with Crippen molar-refractivity contribution in [2.75, 3.05) is 20.2 Å². The van der Waals surface area contributed by atoms with Crippen LogP contribution in [0.2, 0.25) is 0 Å². The van der Waals surface area contributed by atoms with Crippen LogP contribution in [0.15, 0.2) is 24.3 Å². The first-order valence-electron chi connectivity index (χ1n) is 6.34. The number of carbonyl (C=O) groups is 1. The largest absolute Gasteiger partial charge is 0.465 e. The number of esters is 1. The summed E-state index contributed by atoms with van der Waals surface area (Å²) in [5.74, 6) is -0.285. The van der Waals surface area contributed by atoms with Crippen molar-refractivity contribution in [2.24, 2.45) is 5.73 Å². The fourth-order valence-electron chi connectivity index (χ4n) is 2.41. The lowest BCUT2D eigenvalue weighted by Gasteiger charge is -2.30. The van der Waals surface area contributed by atoms with Crippen LogP contribution >= 0.6 is 0 Å². The number of hydrogen-bond acceptors (Lipinski definition) is 4. The number of methoxy groups -OCH3 is 1. The van der Waals surface area contributed by atoms with Gasteiger partial charge in [0.2, 0.25) is 0 Å². The molecule has 1 aliphatic rings. The second-order valence-corrected chi connectivity index (χ2v) is 4.83. The third kappa shape index (κ3) is 3.31. The number of ether oxygens (including phenoxy) is 1. The predicted octanol–water partition coefficient (Wildman–Crippen LogP) is 1.40. The number of piperidine rings is 1. The summed E-state index contributed by atoms with van der Waals surface area (Å²) in [6.07, 6.45) is 2.26. The molecule has 0 aliphatic carbocycles. The van der Waals surface area contributed by atoms with Crippen molar-refractivity contribution in [3.8, 4) is 0 Å². The molecule has 2 rings (SSSR count). The molecule has 4 heteroatoms. The number of hydrogen-bond donors (Lipinski definition) is 1. The molecule has 1 unspecified atom stereocenters. The zero-order valence-corrected chi connectivity index (χ0v) is 10.8. The van der Waals surface area contributed by atoms with E-state index in [4.69, 9.17) is 10.5 Å². The molecule has 0 radical (unpaired) electrons. The van der Waals surface area contributed by atoms with E-state index in [0.717, 1.165) is 38.0 Å². The number of likely N-dealkylation sites (tertiary alicyclic amines) is 1. The number of nitrogens with zero attached hydrogens (tertiary/aromatic N) is 1. The van der Waals surface area contributed by atoms with Gasteiger partial charge in [-0.1, -0.05) is 12.1 Å². The fraction of sp³-hybridized carbons (Fsp3) is 0.500. The first-order chi connectivity index (χ1) is 8.69. The Labute approximate surface area is 108 Å². The molecule has 0 spiro atoms. The summed E-state index contributed by atoms with van der Waals surface area (Å²) in [7, 11) is 1.40. The first kappa shape index (κ1) is 13.1. The van der Waals surface area contributed by atoms with E-state index in [-0.39, 0.29) is 12.0 Å². The summed E-state index contributed by atoms with van der Waals surface area (Å²) in [6.45, 7) is 2.86. The lowest BCUT2D eigenvalue weighted by Crippen LogP contribution is -2.42. The van der Waals surface area contributed by atoms with Crippen molar-refractivity contribution in [2.45, 2.75) is 25.4 Å². The summed E-state index contributed by atoms with van der Waals surface area (Å²) in [5, 5.41) is 0.